The van der Waals surface area contributed by atoms with E-state index in [2.05, 4.69) is 16.0 Å². The van der Waals surface area contributed by atoms with E-state index in [1.54, 1.807) is 13.8 Å². The molecule has 0 radical (unpaired) electrons. The fourth-order valence-electron chi connectivity index (χ4n) is 2.86. The Morgan fingerprint density at radius 1 is 0.778 bits per heavy atom. The lowest BCUT2D eigenvalue weighted by molar-refractivity contribution is -0.132. The van der Waals surface area contributed by atoms with Crippen LogP contribution < -0.4 is 33.2 Å². The van der Waals surface area contributed by atoms with Gasteiger partial charge in [-0.2, -0.15) is 0 Å². The molecule has 0 aliphatic rings. The molecule has 0 heterocycles. The molecule has 14 heteroatoms. The van der Waals surface area contributed by atoms with Crippen LogP contribution in [0.4, 0.5) is 4.79 Å². The molecular weight excluding hydrogens is 476 g/mol. The van der Waals surface area contributed by atoms with Crippen molar-refractivity contribution in [3.63, 3.8) is 0 Å². The van der Waals surface area contributed by atoms with Crippen molar-refractivity contribution in [2.75, 3.05) is 65.9 Å². The van der Waals surface area contributed by atoms with Crippen LogP contribution in [-0.2, 0) is 33.3 Å². The van der Waals surface area contributed by atoms with Gasteiger partial charge in [0.1, 0.15) is 12.1 Å². The Balaban J connectivity index is 4.13. The summed E-state index contributed by atoms with van der Waals surface area (Å²) >= 11 is 0. The highest BCUT2D eigenvalue weighted by atomic mass is 16.6. The van der Waals surface area contributed by atoms with Gasteiger partial charge in [0, 0.05) is 19.5 Å². The number of urea groups is 1. The smallest absolute Gasteiger partial charge is 0.312 e. The normalized spacial score (nSPS) is 12.7. The summed E-state index contributed by atoms with van der Waals surface area (Å²) in [7, 11) is 0. The minimum Gasteiger partial charge on any atom is -0.379 e. The first kappa shape index (κ1) is 33.5. The highest BCUT2D eigenvalue weighted by Gasteiger charge is 2.27. The number of nitrogens with two attached hydrogens (primary N) is 3. The second kappa shape index (κ2) is 21.7. The molecule has 0 bridgehead atoms. The van der Waals surface area contributed by atoms with Crippen LogP contribution in [-0.4, -0.2) is 102 Å². The molecular formula is C22H44N6O8. The summed E-state index contributed by atoms with van der Waals surface area (Å²) in [4.78, 5) is 47.4. The molecule has 0 saturated carbocycles. The molecule has 0 aromatic rings. The molecule has 2 atom stereocenters. The Bertz CT molecular complexity index is 638. The van der Waals surface area contributed by atoms with Crippen LogP contribution in [0.3, 0.4) is 0 Å². The molecule has 14 nitrogen and oxygen atoms in total. The number of carbonyl (C=O) groups is 4. The Morgan fingerprint density at radius 2 is 1.31 bits per heavy atom. The SMILES string of the molecule is CC(C)C(NC(=O)CCOCCOCCOCCOCCN)C(=O)NC(CCCNC(N)=O)C(N)=O. The first-order chi connectivity index (χ1) is 17.2. The van der Waals surface area contributed by atoms with Gasteiger partial charge in [0.15, 0.2) is 0 Å². The number of hydrogen-bond donors (Lipinski definition) is 6. The summed E-state index contributed by atoms with van der Waals surface area (Å²) in [6.45, 7) is 7.42. The Hall–Kier alpha value is -2.52. The van der Waals surface area contributed by atoms with Crippen molar-refractivity contribution in [1.29, 1.82) is 0 Å². The molecule has 0 aromatic heterocycles. The third kappa shape index (κ3) is 18.8. The van der Waals surface area contributed by atoms with Gasteiger partial charge in [0.2, 0.25) is 17.7 Å². The molecule has 0 aromatic carbocycles. The van der Waals surface area contributed by atoms with Crippen LogP contribution in [0.2, 0.25) is 0 Å². The zero-order valence-corrected chi connectivity index (χ0v) is 21.4. The van der Waals surface area contributed by atoms with Crippen LogP contribution in [0.1, 0.15) is 33.1 Å². The van der Waals surface area contributed by atoms with Crippen LogP contribution in [0.25, 0.3) is 0 Å². The van der Waals surface area contributed by atoms with E-state index in [-0.39, 0.29) is 37.8 Å². The molecule has 0 rings (SSSR count). The van der Waals surface area contributed by atoms with Crippen LogP contribution in [0.5, 0.6) is 0 Å². The topological polar surface area (TPSA) is 219 Å². The maximum atomic E-state index is 12.7. The molecule has 5 amide bonds. The molecule has 0 spiro atoms. The number of primary amides is 2. The van der Waals surface area contributed by atoms with Crippen molar-refractivity contribution in [2.45, 2.75) is 45.2 Å². The van der Waals surface area contributed by atoms with E-state index in [1.807, 2.05) is 0 Å². The number of amides is 5. The first-order valence-electron chi connectivity index (χ1n) is 12.1. The van der Waals surface area contributed by atoms with Gasteiger partial charge in [-0.05, 0) is 18.8 Å². The molecule has 0 aliphatic heterocycles. The van der Waals surface area contributed by atoms with Crippen LogP contribution in [0.15, 0.2) is 0 Å². The van der Waals surface area contributed by atoms with E-state index in [0.29, 0.717) is 59.2 Å². The summed E-state index contributed by atoms with van der Waals surface area (Å²) in [5.41, 5.74) is 15.7. The van der Waals surface area contributed by atoms with Crippen LogP contribution >= 0.6 is 0 Å². The molecule has 0 fully saturated rings. The fourth-order valence-corrected chi connectivity index (χ4v) is 2.86. The summed E-state index contributed by atoms with van der Waals surface area (Å²) < 4.78 is 21.3. The Morgan fingerprint density at radius 3 is 1.78 bits per heavy atom. The highest BCUT2D eigenvalue weighted by molar-refractivity contribution is 5.91. The number of hydrogen-bond acceptors (Lipinski definition) is 9. The van der Waals surface area contributed by atoms with E-state index >= 15 is 0 Å². The summed E-state index contributed by atoms with van der Waals surface area (Å²) in [6, 6.07) is -2.48. The van der Waals surface area contributed by atoms with Crippen molar-refractivity contribution in [1.82, 2.24) is 16.0 Å². The molecule has 0 aliphatic carbocycles. The molecule has 2 unspecified atom stereocenters. The summed E-state index contributed by atoms with van der Waals surface area (Å²) in [5.74, 6) is -1.83. The van der Waals surface area contributed by atoms with Gasteiger partial charge in [-0.1, -0.05) is 13.8 Å². The van der Waals surface area contributed by atoms with Gasteiger partial charge in [0.25, 0.3) is 0 Å². The monoisotopic (exact) mass is 520 g/mol. The first-order valence-corrected chi connectivity index (χ1v) is 12.1. The molecule has 0 saturated heterocycles. The lowest BCUT2D eigenvalue weighted by atomic mass is 10.0. The second-order valence-corrected chi connectivity index (χ2v) is 8.17. The van der Waals surface area contributed by atoms with Crippen molar-refractivity contribution in [3.05, 3.63) is 0 Å². The van der Waals surface area contributed by atoms with Crippen LogP contribution in [0, 0.1) is 5.92 Å². The third-order valence-electron chi connectivity index (χ3n) is 4.75. The number of ether oxygens (including phenoxy) is 4. The number of nitrogens with one attached hydrogen (secondary N) is 3. The third-order valence-corrected chi connectivity index (χ3v) is 4.75. The van der Waals surface area contributed by atoms with Gasteiger partial charge in [-0.25, -0.2) is 4.79 Å². The molecule has 36 heavy (non-hydrogen) atoms. The quantitative estimate of drug-likeness (QED) is 0.0816. The van der Waals surface area contributed by atoms with Crippen molar-refractivity contribution in [2.24, 2.45) is 23.1 Å². The Kier molecular flexibility index (Phi) is 20.2. The van der Waals surface area contributed by atoms with E-state index in [9.17, 15) is 19.2 Å². The van der Waals surface area contributed by atoms with E-state index in [1.165, 1.54) is 0 Å². The van der Waals surface area contributed by atoms with Gasteiger partial charge >= 0.3 is 6.03 Å². The molecule has 210 valence electrons. The predicted octanol–water partition coefficient (Wildman–Crippen LogP) is -2.04. The van der Waals surface area contributed by atoms with Gasteiger partial charge in [-0.15, -0.1) is 0 Å². The zero-order valence-electron chi connectivity index (χ0n) is 21.4. The predicted molar refractivity (Wildman–Crippen MR) is 132 cm³/mol. The van der Waals surface area contributed by atoms with E-state index < -0.39 is 29.9 Å². The highest BCUT2D eigenvalue weighted by Crippen LogP contribution is 2.05. The summed E-state index contributed by atoms with van der Waals surface area (Å²) in [5, 5.41) is 7.63. The lowest BCUT2D eigenvalue weighted by Gasteiger charge is -2.24. The zero-order chi connectivity index (χ0) is 27.2. The largest absolute Gasteiger partial charge is 0.379 e. The molecule has 9 N–H and O–H groups in total. The Labute approximate surface area is 212 Å². The average molecular weight is 521 g/mol. The van der Waals surface area contributed by atoms with Gasteiger partial charge in [0.05, 0.1) is 52.9 Å². The minimum absolute atomic E-state index is 0.0560. The number of rotatable bonds is 23. The maximum absolute atomic E-state index is 12.7. The second-order valence-electron chi connectivity index (χ2n) is 8.17. The van der Waals surface area contributed by atoms with Gasteiger partial charge < -0.3 is 52.1 Å². The van der Waals surface area contributed by atoms with Gasteiger partial charge in [-0.3, -0.25) is 14.4 Å². The van der Waals surface area contributed by atoms with E-state index in [4.69, 9.17) is 36.1 Å². The summed E-state index contributed by atoms with van der Waals surface area (Å²) in [6.07, 6.45) is 0.652. The fraction of sp³-hybridized carbons (Fsp3) is 0.818. The van der Waals surface area contributed by atoms with Crippen molar-refractivity contribution in [3.8, 4) is 0 Å². The lowest BCUT2D eigenvalue weighted by Crippen LogP contribution is -2.54. The minimum atomic E-state index is -0.941. The standard InChI is InChI=1S/C22H44N6O8/c1-16(2)19(21(31)27-17(20(24)30)4-3-7-26-22(25)32)28-18(29)5-8-33-10-12-35-14-15-36-13-11-34-9-6-23/h16-17,19H,3-15,23H2,1-2H3,(H2,24,30)(H,27,31)(H,28,29)(H3,25,26,32). The van der Waals surface area contributed by atoms with Crippen molar-refractivity contribution < 1.29 is 38.1 Å². The number of carbonyl (C=O) groups excluding carboxylic acids is 4. The van der Waals surface area contributed by atoms with E-state index in [0.717, 1.165) is 0 Å². The maximum Gasteiger partial charge on any atom is 0.312 e. The van der Waals surface area contributed by atoms with Crippen molar-refractivity contribution >= 4 is 23.8 Å². The average Bonchev–Trinajstić information content (AvgIpc) is 2.81.